The summed E-state index contributed by atoms with van der Waals surface area (Å²) >= 11 is 0. The summed E-state index contributed by atoms with van der Waals surface area (Å²) in [6, 6.07) is 6.96. The van der Waals surface area contributed by atoms with Crippen molar-refractivity contribution in [1.29, 1.82) is 5.26 Å². The number of alkyl halides is 2. The fourth-order valence-corrected chi connectivity index (χ4v) is 3.51. The Kier molecular flexibility index (Phi) is 5.27. The van der Waals surface area contributed by atoms with Crippen LogP contribution in [0.4, 0.5) is 8.78 Å². The number of hydrogen-bond acceptors (Lipinski definition) is 4. The van der Waals surface area contributed by atoms with Gasteiger partial charge in [0.15, 0.2) is 11.5 Å². The number of hydrogen-bond donors (Lipinski definition) is 1. The Morgan fingerprint density at radius 3 is 2.48 bits per heavy atom. The number of rotatable bonds is 7. The molecule has 0 aromatic heterocycles. The van der Waals surface area contributed by atoms with Crippen LogP contribution in [0.3, 0.4) is 0 Å². The van der Waals surface area contributed by atoms with Crippen molar-refractivity contribution in [3.05, 3.63) is 23.8 Å². The van der Waals surface area contributed by atoms with Crippen molar-refractivity contribution in [1.82, 2.24) is 0 Å². The van der Waals surface area contributed by atoms with E-state index in [2.05, 4.69) is 10.8 Å². The highest BCUT2D eigenvalue weighted by atomic mass is 19.3. The van der Waals surface area contributed by atoms with Gasteiger partial charge in [0.2, 0.25) is 0 Å². The molecule has 0 atom stereocenters. The molecule has 146 valence electrons. The SMILES string of the molecule is C[C@]1(C(=O)O)CC[C@](C#N)(c2ccc(OC(F)F)c(OCC3CC3)c2)CC1. The van der Waals surface area contributed by atoms with Crippen LogP contribution in [0.5, 0.6) is 11.5 Å². The number of carboxylic acid groups (broad SMARTS) is 1. The highest BCUT2D eigenvalue weighted by Crippen LogP contribution is 2.48. The van der Waals surface area contributed by atoms with E-state index in [-0.39, 0.29) is 11.5 Å². The average molecular weight is 379 g/mol. The molecular formula is C20H23F2NO4. The molecule has 1 aromatic rings. The number of benzene rings is 1. The standard InChI is InChI=1S/C20H23F2NO4/c1-19(17(24)25)6-8-20(12-23,9-7-19)14-4-5-15(27-18(21)22)16(10-14)26-11-13-2-3-13/h4-5,10,13,18H,2-3,6-9,11H2,1H3,(H,24,25)/t19-,20-. The van der Waals surface area contributed by atoms with E-state index in [1.54, 1.807) is 19.1 Å². The molecule has 5 nitrogen and oxygen atoms in total. The van der Waals surface area contributed by atoms with Crippen LogP contribution in [-0.4, -0.2) is 24.3 Å². The number of halogens is 2. The average Bonchev–Trinajstić information content (AvgIpc) is 3.46. The summed E-state index contributed by atoms with van der Waals surface area (Å²) in [6.45, 7) is -0.838. The number of ether oxygens (including phenoxy) is 2. The van der Waals surface area contributed by atoms with Crippen LogP contribution in [0.25, 0.3) is 0 Å². The molecule has 1 N–H and O–H groups in total. The van der Waals surface area contributed by atoms with Crippen molar-refractivity contribution in [2.45, 2.75) is 57.5 Å². The molecule has 0 saturated heterocycles. The van der Waals surface area contributed by atoms with Gasteiger partial charge < -0.3 is 14.6 Å². The highest BCUT2D eigenvalue weighted by Gasteiger charge is 2.45. The van der Waals surface area contributed by atoms with Gasteiger partial charge in [-0.05, 0) is 69.1 Å². The normalized spacial score (nSPS) is 27.8. The third kappa shape index (κ3) is 4.15. The second-order valence-electron chi connectivity index (χ2n) is 7.85. The zero-order valence-corrected chi connectivity index (χ0v) is 15.2. The summed E-state index contributed by atoms with van der Waals surface area (Å²) in [7, 11) is 0. The minimum Gasteiger partial charge on any atom is -0.489 e. The molecule has 2 saturated carbocycles. The number of aliphatic carboxylic acids is 1. The second-order valence-corrected chi connectivity index (χ2v) is 7.85. The fourth-order valence-electron chi connectivity index (χ4n) is 3.51. The number of nitrogens with zero attached hydrogens (tertiary/aromatic N) is 1. The first-order chi connectivity index (χ1) is 12.8. The summed E-state index contributed by atoms with van der Waals surface area (Å²) in [4.78, 5) is 11.5. The molecule has 27 heavy (non-hydrogen) atoms. The Balaban J connectivity index is 1.86. The van der Waals surface area contributed by atoms with Gasteiger partial charge in [-0.25, -0.2) is 0 Å². The molecule has 1 aromatic carbocycles. The first-order valence-electron chi connectivity index (χ1n) is 9.15. The zero-order chi connectivity index (χ0) is 19.7. The molecular weight excluding hydrogens is 356 g/mol. The van der Waals surface area contributed by atoms with Crippen molar-refractivity contribution >= 4 is 5.97 Å². The zero-order valence-electron chi connectivity index (χ0n) is 15.2. The Morgan fingerprint density at radius 1 is 1.30 bits per heavy atom. The maximum Gasteiger partial charge on any atom is 0.387 e. The van der Waals surface area contributed by atoms with Crippen LogP contribution in [0.1, 0.15) is 51.0 Å². The van der Waals surface area contributed by atoms with Crippen molar-refractivity contribution in [2.24, 2.45) is 11.3 Å². The number of carboxylic acids is 1. The molecule has 2 fully saturated rings. The Hall–Kier alpha value is -2.36. The lowest BCUT2D eigenvalue weighted by Crippen LogP contribution is -2.39. The van der Waals surface area contributed by atoms with E-state index in [9.17, 15) is 23.9 Å². The van der Waals surface area contributed by atoms with Gasteiger partial charge in [-0.15, -0.1) is 0 Å². The van der Waals surface area contributed by atoms with Crippen molar-refractivity contribution < 1.29 is 28.2 Å². The second kappa shape index (κ2) is 7.34. The molecule has 0 spiro atoms. The highest BCUT2D eigenvalue weighted by molar-refractivity contribution is 5.74. The fraction of sp³-hybridized carbons (Fsp3) is 0.600. The van der Waals surface area contributed by atoms with Gasteiger partial charge >= 0.3 is 12.6 Å². The van der Waals surface area contributed by atoms with Crippen LogP contribution < -0.4 is 9.47 Å². The van der Waals surface area contributed by atoms with Gasteiger partial charge in [0, 0.05) is 0 Å². The molecule has 0 bridgehead atoms. The molecule has 0 radical (unpaired) electrons. The topological polar surface area (TPSA) is 79.5 Å². The monoisotopic (exact) mass is 379 g/mol. The van der Waals surface area contributed by atoms with Crippen molar-refractivity contribution in [3.63, 3.8) is 0 Å². The Bertz CT molecular complexity index is 747. The lowest BCUT2D eigenvalue weighted by atomic mass is 9.62. The largest absolute Gasteiger partial charge is 0.489 e. The smallest absolute Gasteiger partial charge is 0.387 e. The van der Waals surface area contributed by atoms with E-state index >= 15 is 0 Å². The summed E-state index contributed by atoms with van der Waals surface area (Å²) in [5.41, 5.74) is -1.04. The predicted octanol–water partition coefficient (Wildman–Crippen LogP) is 4.50. The molecule has 0 amide bonds. The lowest BCUT2D eigenvalue weighted by molar-refractivity contribution is -0.150. The van der Waals surface area contributed by atoms with E-state index in [0.717, 1.165) is 12.8 Å². The van der Waals surface area contributed by atoms with Gasteiger partial charge in [0.25, 0.3) is 0 Å². The van der Waals surface area contributed by atoms with Gasteiger partial charge in [-0.3, -0.25) is 4.79 Å². The van der Waals surface area contributed by atoms with Gasteiger partial charge in [-0.2, -0.15) is 14.0 Å². The third-order valence-electron chi connectivity index (χ3n) is 5.82. The first-order valence-corrected chi connectivity index (χ1v) is 9.15. The molecule has 2 aliphatic rings. The molecule has 7 heteroatoms. The minimum atomic E-state index is -2.96. The van der Waals surface area contributed by atoms with Gasteiger partial charge in [0.1, 0.15) is 0 Å². The predicted molar refractivity (Wildman–Crippen MR) is 92.8 cm³/mol. The molecule has 0 aliphatic heterocycles. The quantitative estimate of drug-likeness (QED) is 0.754. The Morgan fingerprint density at radius 2 is 1.96 bits per heavy atom. The summed E-state index contributed by atoms with van der Waals surface area (Å²) in [6.07, 6.45) is 3.65. The molecule has 0 unspecified atom stereocenters. The summed E-state index contributed by atoms with van der Waals surface area (Å²) in [5, 5.41) is 19.3. The van der Waals surface area contributed by atoms with Crippen LogP contribution in [0.15, 0.2) is 18.2 Å². The third-order valence-corrected chi connectivity index (χ3v) is 5.82. The first kappa shape index (κ1) is 19.4. The van der Waals surface area contributed by atoms with E-state index in [1.165, 1.54) is 6.07 Å². The van der Waals surface area contributed by atoms with Crippen LogP contribution in [-0.2, 0) is 10.2 Å². The maximum atomic E-state index is 12.7. The van der Waals surface area contributed by atoms with Crippen LogP contribution in [0, 0.1) is 22.7 Å². The van der Waals surface area contributed by atoms with E-state index in [0.29, 0.717) is 43.8 Å². The minimum absolute atomic E-state index is 0.0475. The number of nitriles is 1. The van der Waals surface area contributed by atoms with E-state index < -0.39 is 23.4 Å². The van der Waals surface area contributed by atoms with Crippen LogP contribution >= 0.6 is 0 Å². The molecule has 2 aliphatic carbocycles. The summed E-state index contributed by atoms with van der Waals surface area (Å²) in [5.74, 6) is -0.262. The van der Waals surface area contributed by atoms with Crippen molar-refractivity contribution in [2.75, 3.05) is 6.61 Å². The van der Waals surface area contributed by atoms with Crippen LogP contribution in [0.2, 0.25) is 0 Å². The number of carbonyl (C=O) groups is 1. The van der Waals surface area contributed by atoms with Crippen molar-refractivity contribution in [3.8, 4) is 17.6 Å². The van der Waals surface area contributed by atoms with Gasteiger partial charge in [-0.1, -0.05) is 6.07 Å². The molecule has 0 heterocycles. The summed E-state index contributed by atoms with van der Waals surface area (Å²) < 4.78 is 35.6. The van der Waals surface area contributed by atoms with E-state index in [1.807, 2.05) is 0 Å². The maximum absolute atomic E-state index is 12.7. The lowest BCUT2D eigenvalue weighted by Gasteiger charge is -2.39. The van der Waals surface area contributed by atoms with Gasteiger partial charge in [0.05, 0.1) is 23.5 Å². The molecule has 3 rings (SSSR count). The Labute approximate surface area is 156 Å². The van der Waals surface area contributed by atoms with E-state index in [4.69, 9.17) is 4.74 Å².